The number of hydrogen-bond acceptors (Lipinski definition) is 7. The van der Waals surface area contributed by atoms with E-state index in [-0.39, 0.29) is 23.6 Å². The second-order valence-corrected chi connectivity index (χ2v) is 6.55. The summed E-state index contributed by atoms with van der Waals surface area (Å²) in [7, 11) is 5.18. The molecule has 1 aromatic carbocycles. The number of nitrogens with one attached hydrogen (secondary N) is 1. The van der Waals surface area contributed by atoms with E-state index in [1.54, 1.807) is 6.92 Å². The van der Waals surface area contributed by atoms with E-state index in [1.165, 1.54) is 56.4 Å². The molecule has 1 heterocycles. The smallest absolute Gasteiger partial charge is 0.358 e. The van der Waals surface area contributed by atoms with Gasteiger partial charge in [-0.3, -0.25) is 9.59 Å². The molecular weight excluding hydrogens is 411 g/mol. The van der Waals surface area contributed by atoms with Crippen LogP contribution in [0.25, 0.3) is 0 Å². The number of carbonyl (C=O) groups is 2. The van der Waals surface area contributed by atoms with Gasteiger partial charge >= 0.3 is 5.97 Å². The quantitative estimate of drug-likeness (QED) is 0.473. The maximum absolute atomic E-state index is 13.1. The summed E-state index contributed by atoms with van der Waals surface area (Å²) in [5.74, 6) is -2.28. The lowest BCUT2D eigenvalue weighted by atomic mass is 10.1. The number of ether oxygens (including phenoxy) is 4. The van der Waals surface area contributed by atoms with Gasteiger partial charge in [0.25, 0.3) is 5.91 Å². The molecule has 0 spiro atoms. The third-order valence-electron chi connectivity index (χ3n) is 4.65. The summed E-state index contributed by atoms with van der Waals surface area (Å²) in [5.41, 5.74) is -0.581. The maximum atomic E-state index is 13.1. The fraction of sp³-hybridized carbons (Fsp3) is 0.381. The molecule has 1 aromatic heterocycles. The van der Waals surface area contributed by atoms with Gasteiger partial charge in [-0.2, -0.15) is 0 Å². The lowest BCUT2D eigenvalue weighted by molar-refractivity contribution is -0.111. The van der Waals surface area contributed by atoms with E-state index >= 15 is 0 Å². The van der Waals surface area contributed by atoms with Gasteiger partial charge in [0.2, 0.25) is 5.43 Å². The van der Waals surface area contributed by atoms with Gasteiger partial charge in [-0.05, 0) is 24.6 Å². The van der Waals surface area contributed by atoms with Crippen LogP contribution >= 0.6 is 0 Å². The van der Waals surface area contributed by atoms with E-state index in [9.17, 15) is 18.8 Å². The minimum absolute atomic E-state index is 0.0259. The minimum Gasteiger partial charge on any atom is -0.491 e. The molecule has 0 fully saturated rings. The van der Waals surface area contributed by atoms with Crippen molar-refractivity contribution < 1.29 is 32.9 Å². The number of carbonyl (C=O) groups excluding carboxylic acids is 2. The Kier molecular flexibility index (Phi) is 8.29. The number of benzene rings is 1. The Bertz CT molecular complexity index is 984. The van der Waals surface area contributed by atoms with Crippen LogP contribution in [0.3, 0.4) is 0 Å². The van der Waals surface area contributed by atoms with Gasteiger partial charge in [-0.1, -0.05) is 12.1 Å². The van der Waals surface area contributed by atoms with Gasteiger partial charge in [-0.25, -0.2) is 9.18 Å². The van der Waals surface area contributed by atoms with Crippen molar-refractivity contribution in [3.8, 4) is 5.75 Å². The molecule has 168 valence electrons. The zero-order valence-electron chi connectivity index (χ0n) is 17.9. The molecule has 10 heteroatoms. The lowest BCUT2D eigenvalue weighted by Crippen LogP contribution is -2.34. The number of esters is 1. The predicted molar refractivity (Wildman–Crippen MR) is 109 cm³/mol. The summed E-state index contributed by atoms with van der Waals surface area (Å²) in [5, 5.41) is 2.69. The average Bonchev–Trinajstić information content (AvgIpc) is 2.77. The number of nitrogens with zero attached hydrogens (tertiary/aromatic N) is 1. The van der Waals surface area contributed by atoms with E-state index < -0.39 is 35.5 Å². The standard InChI is InChI=1S/C21H25FN2O7/c1-12(13-6-8-14(22)9-7-13)23-20(26)15-10-24(11-16(28-2)29-3)17(21(27)31-5)19(30-4)18(15)25/h6-10,12,16H,11H2,1-5H3,(H,23,26)/t12-/m1/s1. The van der Waals surface area contributed by atoms with Gasteiger partial charge in [0.05, 0.1) is 26.8 Å². The number of methoxy groups -OCH3 is 4. The van der Waals surface area contributed by atoms with E-state index in [0.29, 0.717) is 5.56 Å². The second kappa shape index (κ2) is 10.7. The molecule has 1 amide bonds. The predicted octanol–water partition coefficient (Wildman–Crippen LogP) is 1.89. The van der Waals surface area contributed by atoms with Gasteiger partial charge in [-0.15, -0.1) is 0 Å². The SMILES string of the molecule is COC(=O)c1c(OC)c(=O)c(C(=O)N[C@H](C)c2ccc(F)cc2)cn1CC(OC)OC. The van der Waals surface area contributed by atoms with Crippen LogP contribution in [0.15, 0.2) is 35.3 Å². The van der Waals surface area contributed by atoms with Crippen molar-refractivity contribution in [2.45, 2.75) is 25.8 Å². The van der Waals surface area contributed by atoms with E-state index in [0.717, 1.165) is 7.11 Å². The monoisotopic (exact) mass is 436 g/mol. The van der Waals surface area contributed by atoms with Crippen molar-refractivity contribution in [3.05, 3.63) is 63.3 Å². The third kappa shape index (κ3) is 5.47. The van der Waals surface area contributed by atoms with Gasteiger partial charge in [0.1, 0.15) is 11.4 Å². The van der Waals surface area contributed by atoms with Crippen LogP contribution in [0.1, 0.15) is 39.4 Å². The molecule has 0 aliphatic heterocycles. The highest BCUT2D eigenvalue weighted by atomic mass is 19.1. The Morgan fingerprint density at radius 2 is 1.71 bits per heavy atom. The molecule has 0 bridgehead atoms. The van der Waals surface area contributed by atoms with Crippen LogP contribution in [-0.4, -0.2) is 51.2 Å². The van der Waals surface area contributed by atoms with E-state index in [1.807, 2.05) is 0 Å². The first-order valence-corrected chi connectivity index (χ1v) is 9.29. The maximum Gasteiger partial charge on any atom is 0.358 e. The zero-order chi connectivity index (χ0) is 23.1. The first kappa shape index (κ1) is 24.0. The minimum atomic E-state index is -0.827. The topological polar surface area (TPSA) is 105 Å². The molecule has 0 saturated heterocycles. The molecule has 9 nitrogen and oxygen atoms in total. The summed E-state index contributed by atoms with van der Waals surface area (Å²) in [4.78, 5) is 38.1. The molecular formula is C21H25FN2O7. The number of halogens is 1. The highest BCUT2D eigenvalue weighted by Crippen LogP contribution is 2.19. The summed E-state index contributed by atoms with van der Waals surface area (Å²) in [6.07, 6.45) is 0.444. The summed E-state index contributed by atoms with van der Waals surface area (Å²) in [6, 6.07) is 5.09. The van der Waals surface area contributed by atoms with Crippen LogP contribution in [0.4, 0.5) is 4.39 Å². The molecule has 0 unspecified atom stereocenters. The fourth-order valence-electron chi connectivity index (χ4n) is 2.96. The van der Waals surface area contributed by atoms with E-state index in [2.05, 4.69) is 5.32 Å². The van der Waals surface area contributed by atoms with Crippen molar-refractivity contribution >= 4 is 11.9 Å². The molecule has 0 saturated carbocycles. The van der Waals surface area contributed by atoms with Crippen molar-refractivity contribution in [2.24, 2.45) is 0 Å². The molecule has 1 N–H and O–H groups in total. The van der Waals surface area contributed by atoms with Crippen LogP contribution < -0.4 is 15.5 Å². The lowest BCUT2D eigenvalue weighted by Gasteiger charge is -2.21. The first-order valence-electron chi connectivity index (χ1n) is 9.29. The van der Waals surface area contributed by atoms with Crippen molar-refractivity contribution in [2.75, 3.05) is 28.4 Å². The highest BCUT2D eigenvalue weighted by molar-refractivity contribution is 5.97. The van der Waals surface area contributed by atoms with Crippen molar-refractivity contribution in [1.29, 1.82) is 0 Å². The molecule has 0 aliphatic rings. The third-order valence-corrected chi connectivity index (χ3v) is 4.65. The number of hydrogen-bond donors (Lipinski definition) is 1. The summed E-state index contributed by atoms with van der Waals surface area (Å²) in [6.45, 7) is 1.66. The largest absolute Gasteiger partial charge is 0.491 e. The second-order valence-electron chi connectivity index (χ2n) is 6.55. The molecule has 2 rings (SSSR count). The molecule has 0 aliphatic carbocycles. The zero-order valence-corrected chi connectivity index (χ0v) is 17.9. The highest BCUT2D eigenvalue weighted by Gasteiger charge is 2.27. The normalized spacial score (nSPS) is 11.8. The summed E-state index contributed by atoms with van der Waals surface area (Å²) >= 11 is 0. The Morgan fingerprint density at radius 1 is 1.10 bits per heavy atom. The van der Waals surface area contributed by atoms with Gasteiger partial charge in [0.15, 0.2) is 17.7 Å². The number of amides is 1. The average molecular weight is 436 g/mol. The summed E-state index contributed by atoms with van der Waals surface area (Å²) < 4.78 is 34.7. The van der Waals surface area contributed by atoms with Crippen LogP contribution in [0.2, 0.25) is 0 Å². The first-order chi connectivity index (χ1) is 14.8. The Labute approximate surface area is 178 Å². The number of aromatic nitrogens is 1. The molecule has 2 aromatic rings. The van der Waals surface area contributed by atoms with Crippen molar-refractivity contribution in [1.82, 2.24) is 9.88 Å². The molecule has 0 radical (unpaired) electrons. The van der Waals surface area contributed by atoms with Crippen molar-refractivity contribution in [3.63, 3.8) is 0 Å². The molecule has 31 heavy (non-hydrogen) atoms. The van der Waals surface area contributed by atoms with Gasteiger partial charge in [0, 0.05) is 20.4 Å². The molecule has 1 atom stereocenters. The van der Waals surface area contributed by atoms with Crippen LogP contribution in [0, 0.1) is 5.82 Å². The Balaban J connectivity index is 2.50. The Morgan fingerprint density at radius 3 is 2.23 bits per heavy atom. The van der Waals surface area contributed by atoms with Crippen LogP contribution in [0.5, 0.6) is 5.75 Å². The number of pyridine rings is 1. The van der Waals surface area contributed by atoms with Gasteiger partial charge < -0.3 is 28.8 Å². The van der Waals surface area contributed by atoms with E-state index in [4.69, 9.17) is 18.9 Å². The number of rotatable bonds is 9. The Hall–Kier alpha value is -3.24. The fourth-order valence-corrected chi connectivity index (χ4v) is 2.96. The van der Waals surface area contributed by atoms with Crippen LogP contribution in [-0.2, 0) is 20.8 Å².